The highest BCUT2D eigenvalue weighted by Crippen LogP contribution is 2.31. The van der Waals surface area contributed by atoms with Crippen LogP contribution in [0.1, 0.15) is 55.2 Å². The van der Waals surface area contributed by atoms with Gasteiger partial charge in [-0.25, -0.2) is 18.6 Å². The minimum Gasteiger partial charge on any atom is -0.444 e. The van der Waals surface area contributed by atoms with Crippen LogP contribution in [0.25, 0.3) is 0 Å². The van der Waals surface area contributed by atoms with Gasteiger partial charge < -0.3 is 15.0 Å². The van der Waals surface area contributed by atoms with Gasteiger partial charge in [0.15, 0.2) is 11.6 Å². The van der Waals surface area contributed by atoms with Gasteiger partial charge in [-0.3, -0.25) is 9.48 Å². The van der Waals surface area contributed by atoms with E-state index in [-0.39, 0.29) is 49.0 Å². The van der Waals surface area contributed by atoms with E-state index in [9.17, 15) is 14.0 Å². The molecule has 1 aliphatic heterocycles. The van der Waals surface area contributed by atoms with Gasteiger partial charge >= 0.3 is 6.09 Å². The highest BCUT2D eigenvalue weighted by Gasteiger charge is 2.39. The summed E-state index contributed by atoms with van der Waals surface area (Å²) in [6.07, 6.45) is 2.10. The lowest BCUT2D eigenvalue weighted by Crippen LogP contribution is -2.48. The standard InChI is InChI=1S/C28H28ClF2N5O3/c1-27(2,3)39-26(38)35-13-11-28(31,12-14-35)18-36-23(21(29)17-33-36)25(37)34-24-22(30)15-20(16-32-24)10-9-19-7-5-4-6-8-19/h4-8,15-17H,11-14,18H2,1-3H3,(H,32,34,37). The molecule has 0 unspecified atom stereocenters. The number of nitrogens with one attached hydrogen (secondary N) is 1. The van der Waals surface area contributed by atoms with Crippen molar-refractivity contribution in [1.29, 1.82) is 0 Å². The molecule has 1 aromatic carbocycles. The molecule has 0 spiro atoms. The number of benzene rings is 1. The van der Waals surface area contributed by atoms with Gasteiger partial charge in [-0.05, 0) is 39.0 Å². The van der Waals surface area contributed by atoms with Crippen LogP contribution in [-0.4, -0.2) is 56.0 Å². The number of carbonyl (C=O) groups is 2. The summed E-state index contributed by atoms with van der Waals surface area (Å²) < 4.78 is 36.9. The van der Waals surface area contributed by atoms with E-state index in [0.29, 0.717) is 5.56 Å². The van der Waals surface area contributed by atoms with Crippen LogP contribution in [0.15, 0.2) is 48.8 Å². The third kappa shape index (κ3) is 7.33. The molecule has 2 amide bonds. The van der Waals surface area contributed by atoms with E-state index >= 15 is 4.39 Å². The van der Waals surface area contributed by atoms with Gasteiger partial charge in [0.2, 0.25) is 0 Å². The van der Waals surface area contributed by atoms with Crippen molar-refractivity contribution in [3.8, 4) is 11.8 Å². The molecule has 0 bridgehead atoms. The van der Waals surface area contributed by atoms with Gasteiger partial charge in [0, 0.05) is 43.3 Å². The number of amides is 2. The largest absolute Gasteiger partial charge is 0.444 e. The molecule has 4 rings (SSSR count). The van der Waals surface area contributed by atoms with Crippen LogP contribution in [0.4, 0.5) is 19.4 Å². The van der Waals surface area contributed by atoms with Gasteiger partial charge in [-0.15, -0.1) is 0 Å². The van der Waals surface area contributed by atoms with Crippen molar-refractivity contribution in [2.75, 3.05) is 18.4 Å². The number of hydrogen-bond donors (Lipinski definition) is 1. The second kappa shape index (κ2) is 11.4. The molecule has 0 radical (unpaired) electrons. The minimum atomic E-state index is -1.74. The predicted octanol–water partition coefficient (Wildman–Crippen LogP) is 5.46. The number of ether oxygens (including phenoxy) is 1. The van der Waals surface area contributed by atoms with Crippen molar-refractivity contribution in [2.24, 2.45) is 0 Å². The number of pyridine rings is 1. The number of rotatable bonds is 4. The first-order valence-corrected chi connectivity index (χ1v) is 12.7. The SMILES string of the molecule is CC(C)(C)OC(=O)N1CCC(F)(Cn2ncc(Cl)c2C(=O)Nc2ncc(C#Cc3ccccc3)cc2F)CC1. The first-order valence-electron chi connectivity index (χ1n) is 12.3. The molecule has 1 fully saturated rings. The molecule has 0 saturated carbocycles. The molecule has 1 N–H and O–H groups in total. The Hall–Kier alpha value is -3.97. The maximum Gasteiger partial charge on any atom is 0.410 e. The van der Waals surface area contributed by atoms with Crippen LogP contribution in [0, 0.1) is 17.7 Å². The van der Waals surface area contributed by atoms with E-state index in [1.165, 1.54) is 17.3 Å². The Kier molecular flexibility index (Phi) is 8.21. The monoisotopic (exact) mass is 555 g/mol. The molecule has 3 aromatic rings. The van der Waals surface area contributed by atoms with Crippen LogP contribution in [0.5, 0.6) is 0 Å². The molecule has 0 atom stereocenters. The lowest BCUT2D eigenvalue weighted by atomic mass is 9.93. The van der Waals surface area contributed by atoms with Crippen LogP contribution in [0.2, 0.25) is 5.02 Å². The molecule has 8 nitrogen and oxygen atoms in total. The summed E-state index contributed by atoms with van der Waals surface area (Å²) in [5.41, 5.74) is -1.43. The van der Waals surface area contributed by atoms with Crippen LogP contribution in [0.3, 0.4) is 0 Å². The third-order valence-electron chi connectivity index (χ3n) is 5.95. The topological polar surface area (TPSA) is 89.4 Å². The summed E-state index contributed by atoms with van der Waals surface area (Å²) in [6, 6.07) is 10.4. The molecule has 1 aliphatic rings. The summed E-state index contributed by atoms with van der Waals surface area (Å²) in [4.78, 5) is 30.7. The molecule has 39 heavy (non-hydrogen) atoms. The number of piperidine rings is 1. The van der Waals surface area contributed by atoms with Gasteiger partial charge in [0.25, 0.3) is 5.91 Å². The van der Waals surface area contributed by atoms with E-state index in [1.807, 2.05) is 30.3 Å². The van der Waals surface area contributed by atoms with Crippen molar-refractivity contribution >= 4 is 29.4 Å². The number of nitrogens with zero attached hydrogens (tertiary/aromatic N) is 4. The molecule has 1 saturated heterocycles. The summed E-state index contributed by atoms with van der Waals surface area (Å²) in [5, 5.41) is 6.41. The van der Waals surface area contributed by atoms with Gasteiger partial charge in [0.05, 0.1) is 17.8 Å². The van der Waals surface area contributed by atoms with Crippen molar-refractivity contribution in [3.05, 3.63) is 76.5 Å². The quantitative estimate of drug-likeness (QED) is 0.432. The second-order valence-corrected chi connectivity index (χ2v) is 10.6. The summed E-state index contributed by atoms with van der Waals surface area (Å²) >= 11 is 6.19. The van der Waals surface area contributed by atoms with Gasteiger partial charge in [-0.2, -0.15) is 5.10 Å². The van der Waals surface area contributed by atoms with E-state index in [0.717, 1.165) is 16.3 Å². The average Bonchev–Trinajstić information content (AvgIpc) is 3.23. The zero-order valence-electron chi connectivity index (χ0n) is 21.8. The zero-order chi connectivity index (χ0) is 28.2. The molecule has 2 aromatic heterocycles. The average molecular weight is 556 g/mol. The van der Waals surface area contributed by atoms with Gasteiger partial charge in [-0.1, -0.05) is 41.6 Å². The fourth-order valence-electron chi connectivity index (χ4n) is 3.98. The molecular formula is C28H28ClF2N5O3. The molecule has 204 valence electrons. The van der Waals surface area contributed by atoms with Crippen molar-refractivity contribution in [1.82, 2.24) is 19.7 Å². The van der Waals surface area contributed by atoms with E-state index < -0.39 is 29.1 Å². The number of anilines is 1. The second-order valence-electron chi connectivity index (χ2n) is 10.2. The van der Waals surface area contributed by atoms with Crippen molar-refractivity contribution < 1.29 is 23.1 Å². The van der Waals surface area contributed by atoms with Gasteiger partial charge in [0.1, 0.15) is 17.0 Å². The Morgan fingerprint density at radius 2 is 1.79 bits per heavy atom. The number of aromatic nitrogens is 3. The summed E-state index contributed by atoms with van der Waals surface area (Å²) in [6.45, 7) is 5.32. The maximum absolute atomic E-state index is 15.7. The predicted molar refractivity (Wildman–Crippen MR) is 143 cm³/mol. The number of hydrogen-bond acceptors (Lipinski definition) is 5. The Morgan fingerprint density at radius 1 is 1.13 bits per heavy atom. The Morgan fingerprint density at radius 3 is 2.44 bits per heavy atom. The number of likely N-dealkylation sites (tertiary alicyclic amines) is 1. The van der Waals surface area contributed by atoms with E-state index in [2.05, 4.69) is 27.2 Å². The fourth-order valence-corrected chi connectivity index (χ4v) is 4.21. The Bertz CT molecular complexity index is 1420. The maximum atomic E-state index is 15.7. The highest BCUT2D eigenvalue weighted by molar-refractivity contribution is 6.34. The molecule has 3 heterocycles. The summed E-state index contributed by atoms with van der Waals surface area (Å²) in [5.74, 6) is 3.83. The minimum absolute atomic E-state index is 0.0203. The van der Waals surface area contributed by atoms with Crippen LogP contribution >= 0.6 is 11.6 Å². The first kappa shape index (κ1) is 28.0. The smallest absolute Gasteiger partial charge is 0.410 e. The van der Waals surface area contributed by atoms with Crippen LogP contribution < -0.4 is 5.32 Å². The molecular weight excluding hydrogens is 528 g/mol. The molecule has 11 heteroatoms. The fraction of sp³-hybridized carbons (Fsp3) is 0.357. The van der Waals surface area contributed by atoms with Crippen molar-refractivity contribution in [2.45, 2.75) is 51.4 Å². The zero-order valence-corrected chi connectivity index (χ0v) is 22.6. The lowest BCUT2D eigenvalue weighted by Gasteiger charge is -2.37. The van der Waals surface area contributed by atoms with Crippen LogP contribution in [-0.2, 0) is 11.3 Å². The first-order chi connectivity index (χ1) is 18.4. The number of carbonyl (C=O) groups excluding carboxylic acids is 2. The summed E-state index contributed by atoms with van der Waals surface area (Å²) in [7, 11) is 0. The molecule has 0 aliphatic carbocycles. The Balaban J connectivity index is 1.42. The number of alkyl halides is 1. The van der Waals surface area contributed by atoms with Crippen molar-refractivity contribution in [3.63, 3.8) is 0 Å². The Labute approximate surface area is 230 Å². The normalized spacial score (nSPS) is 14.8. The number of halogens is 3. The van der Waals surface area contributed by atoms with E-state index in [1.54, 1.807) is 20.8 Å². The lowest BCUT2D eigenvalue weighted by molar-refractivity contribution is -0.00144. The third-order valence-corrected chi connectivity index (χ3v) is 6.23. The van der Waals surface area contributed by atoms with E-state index in [4.69, 9.17) is 16.3 Å². The highest BCUT2D eigenvalue weighted by atomic mass is 35.5.